The minimum atomic E-state index is -0.382. The molecule has 0 saturated heterocycles. The molecule has 0 amide bonds. The normalized spacial score (nSPS) is 10.9. The Morgan fingerprint density at radius 1 is 1.24 bits per heavy atom. The molecule has 3 aromatic rings. The van der Waals surface area contributed by atoms with E-state index in [0.717, 1.165) is 0 Å². The van der Waals surface area contributed by atoms with Crippen molar-refractivity contribution in [2.45, 2.75) is 0 Å². The lowest BCUT2D eigenvalue weighted by Gasteiger charge is -2.00. The zero-order valence-electron chi connectivity index (χ0n) is 8.72. The Morgan fingerprint density at radius 2 is 2.12 bits per heavy atom. The zero-order chi connectivity index (χ0) is 11.8. The summed E-state index contributed by atoms with van der Waals surface area (Å²) >= 11 is 0. The standard InChI is InChI=1S/C12H8FN3O/c13-8-4-5-10-9(7-8)15-12(17)16(10)11-3-1-2-6-14-11/h1-7H,(H,15,17). The van der Waals surface area contributed by atoms with Gasteiger partial charge in [-0.2, -0.15) is 0 Å². The molecule has 0 spiro atoms. The molecule has 0 fully saturated rings. The molecule has 2 heterocycles. The Bertz CT molecular complexity index is 730. The van der Waals surface area contributed by atoms with Crippen molar-refractivity contribution in [1.29, 1.82) is 0 Å². The molecule has 1 aromatic carbocycles. The number of hydrogen-bond donors (Lipinski definition) is 1. The Kier molecular flexibility index (Phi) is 2.04. The fourth-order valence-corrected chi connectivity index (χ4v) is 1.80. The molecule has 5 heteroatoms. The summed E-state index contributed by atoms with van der Waals surface area (Å²) in [7, 11) is 0. The number of fused-ring (bicyclic) bond motifs is 1. The molecule has 0 aliphatic rings. The summed E-state index contributed by atoms with van der Waals surface area (Å²) in [6.07, 6.45) is 1.60. The average molecular weight is 229 g/mol. The van der Waals surface area contributed by atoms with Crippen LogP contribution in [0, 0.1) is 5.82 Å². The molecule has 0 aliphatic carbocycles. The van der Waals surface area contributed by atoms with E-state index in [0.29, 0.717) is 16.9 Å². The summed E-state index contributed by atoms with van der Waals surface area (Å²) in [4.78, 5) is 18.5. The van der Waals surface area contributed by atoms with E-state index in [1.54, 1.807) is 30.5 Å². The minimum absolute atomic E-state index is 0.329. The zero-order valence-corrected chi connectivity index (χ0v) is 8.72. The second-order valence-electron chi connectivity index (χ2n) is 3.61. The van der Waals surface area contributed by atoms with E-state index in [9.17, 15) is 9.18 Å². The lowest BCUT2D eigenvalue weighted by Crippen LogP contribution is -2.15. The molecular formula is C12H8FN3O. The van der Waals surface area contributed by atoms with Crippen molar-refractivity contribution in [2.24, 2.45) is 0 Å². The van der Waals surface area contributed by atoms with Gasteiger partial charge in [0.1, 0.15) is 11.6 Å². The van der Waals surface area contributed by atoms with Crippen LogP contribution in [0.25, 0.3) is 16.9 Å². The lowest BCUT2D eigenvalue weighted by atomic mass is 10.3. The van der Waals surface area contributed by atoms with Crippen molar-refractivity contribution in [3.05, 3.63) is 58.9 Å². The van der Waals surface area contributed by atoms with Gasteiger partial charge in [-0.05, 0) is 30.3 Å². The SMILES string of the molecule is O=c1[nH]c2cc(F)ccc2n1-c1ccccn1. The molecule has 0 unspecified atom stereocenters. The van der Waals surface area contributed by atoms with Crippen molar-refractivity contribution in [3.8, 4) is 5.82 Å². The number of nitrogens with one attached hydrogen (secondary N) is 1. The van der Waals surface area contributed by atoms with Crippen LogP contribution in [-0.4, -0.2) is 14.5 Å². The fourth-order valence-electron chi connectivity index (χ4n) is 1.80. The Labute approximate surface area is 95.4 Å². The van der Waals surface area contributed by atoms with Gasteiger partial charge < -0.3 is 4.98 Å². The van der Waals surface area contributed by atoms with Crippen molar-refractivity contribution in [3.63, 3.8) is 0 Å². The van der Waals surface area contributed by atoms with Crippen LogP contribution in [0.15, 0.2) is 47.4 Å². The average Bonchev–Trinajstić information content (AvgIpc) is 2.65. The smallest absolute Gasteiger partial charge is 0.305 e. The Hall–Kier alpha value is -2.43. The number of nitrogens with zero attached hydrogens (tertiary/aromatic N) is 2. The fraction of sp³-hybridized carbons (Fsp3) is 0. The molecule has 1 N–H and O–H groups in total. The monoisotopic (exact) mass is 229 g/mol. The summed E-state index contributed by atoms with van der Waals surface area (Å²) in [5.41, 5.74) is 0.736. The van der Waals surface area contributed by atoms with E-state index < -0.39 is 0 Å². The van der Waals surface area contributed by atoms with Crippen molar-refractivity contribution >= 4 is 11.0 Å². The van der Waals surface area contributed by atoms with Gasteiger partial charge in [-0.1, -0.05) is 6.07 Å². The summed E-state index contributed by atoms with van der Waals surface area (Å²) in [5.74, 6) is 0.127. The summed E-state index contributed by atoms with van der Waals surface area (Å²) in [6.45, 7) is 0. The Morgan fingerprint density at radius 3 is 2.88 bits per heavy atom. The van der Waals surface area contributed by atoms with Gasteiger partial charge in [-0.3, -0.25) is 0 Å². The molecule has 0 radical (unpaired) electrons. The van der Waals surface area contributed by atoms with Gasteiger partial charge in [-0.25, -0.2) is 18.7 Å². The van der Waals surface area contributed by atoms with Crippen LogP contribution in [0.5, 0.6) is 0 Å². The van der Waals surface area contributed by atoms with Gasteiger partial charge in [0.15, 0.2) is 0 Å². The highest BCUT2D eigenvalue weighted by molar-refractivity contribution is 5.76. The van der Waals surface area contributed by atoms with E-state index >= 15 is 0 Å². The van der Waals surface area contributed by atoms with Gasteiger partial charge in [0, 0.05) is 6.20 Å². The molecule has 17 heavy (non-hydrogen) atoms. The van der Waals surface area contributed by atoms with E-state index in [1.165, 1.54) is 16.7 Å². The topological polar surface area (TPSA) is 50.7 Å². The molecular weight excluding hydrogens is 221 g/mol. The second-order valence-corrected chi connectivity index (χ2v) is 3.61. The number of hydrogen-bond acceptors (Lipinski definition) is 2. The molecule has 84 valence electrons. The number of pyridine rings is 1. The van der Waals surface area contributed by atoms with Crippen LogP contribution >= 0.6 is 0 Å². The maximum Gasteiger partial charge on any atom is 0.332 e. The van der Waals surface area contributed by atoms with Crippen LogP contribution in [0.2, 0.25) is 0 Å². The molecule has 0 saturated carbocycles. The molecule has 0 atom stereocenters. The van der Waals surface area contributed by atoms with E-state index in [-0.39, 0.29) is 11.5 Å². The summed E-state index contributed by atoms with van der Waals surface area (Å²) < 4.78 is 14.4. The molecule has 4 nitrogen and oxygen atoms in total. The Balaban J connectivity index is 2.37. The number of halogens is 1. The maximum atomic E-state index is 13.0. The maximum absolute atomic E-state index is 13.0. The number of H-pyrrole nitrogens is 1. The number of aromatic nitrogens is 3. The number of aromatic amines is 1. The van der Waals surface area contributed by atoms with Gasteiger partial charge in [0.25, 0.3) is 0 Å². The summed E-state index contributed by atoms with van der Waals surface area (Å²) in [5, 5.41) is 0. The first kappa shape index (κ1) is 9.77. The van der Waals surface area contributed by atoms with E-state index in [4.69, 9.17) is 0 Å². The van der Waals surface area contributed by atoms with Crippen molar-refractivity contribution in [2.75, 3.05) is 0 Å². The van der Waals surface area contributed by atoms with Crippen LogP contribution in [-0.2, 0) is 0 Å². The summed E-state index contributed by atoms with van der Waals surface area (Å²) in [6, 6.07) is 9.43. The third kappa shape index (κ3) is 1.52. The first-order valence-electron chi connectivity index (χ1n) is 5.07. The van der Waals surface area contributed by atoms with Gasteiger partial charge in [-0.15, -0.1) is 0 Å². The van der Waals surface area contributed by atoms with E-state index in [2.05, 4.69) is 9.97 Å². The van der Waals surface area contributed by atoms with Crippen LogP contribution < -0.4 is 5.69 Å². The van der Waals surface area contributed by atoms with Crippen molar-refractivity contribution in [1.82, 2.24) is 14.5 Å². The number of rotatable bonds is 1. The third-order valence-electron chi connectivity index (χ3n) is 2.52. The molecule has 0 aliphatic heterocycles. The van der Waals surface area contributed by atoms with E-state index in [1.807, 2.05) is 0 Å². The molecule has 0 bridgehead atoms. The first-order valence-corrected chi connectivity index (χ1v) is 5.07. The second kappa shape index (κ2) is 3.55. The highest BCUT2D eigenvalue weighted by Crippen LogP contribution is 2.14. The van der Waals surface area contributed by atoms with Crippen LogP contribution in [0.1, 0.15) is 0 Å². The first-order chi connectivity index (χ1) is 8.25. The highest BCUT2D eigenvalue weighted by Gasteiger charge is 2.09. The number of benzene rings is 1. The van der Waals surface area contributed by atoms with Crippen molar-refractivity contribution < 1.29 is 4.39 Å². The molecule has 3 rings (SSSR count). The predicted octanol–water partition coefficient (Wildman–Crippen LogP) is 1.85. The minimum Gasteiger partial charge on any atom is -0.305 e. The number of imidazole rings is 1. The lowest BCUT2D eigenvalue weighted by molar-refractivity contribution is 0.629. The van der Waals surface area contributed by atoms with Crippen LogP contribution in [0.4, 0.5) is 4.39 Å². The predicted molar refractivity (Wildman–Crippen MR) is 61.6 cm³/mol. The van der Waals surface area contributed by atoms with Gasteiger partial charge in [0.05, 0.1) is 11.0 Å². The largest absolute Gasteiger partial charge is 0.332 e. The highest BCUT2D eigenvalue weighted by atomic mass is 19.1. The van der Waals surface area contributed by atoms with Gasteiger partial charge >= 0.3 is 5.69 Å². The third-order valence-corrected chi connectivity index (χ3v) is 2.52. The molecule has 2 aromatic heterocycles. The quantitative estimate of drug-likeness (QED) is 0.692. The van der Waals surface area contributed by atoms with Crippen LogP contribution in [0.3, 0.4) is 0 Å². The van der Waals surface area contributed by atoms with Gasteiger partial charge in [0.2, 0.25) is 0 Å².